The molecule has 0 aromatic heterocycles. The molecule has 5 heteroatoms. The third kappa shape index (κ3) is 8.12. The van der Waals surface area contributed by atoms with Crippen LogP contribution >= 0.6 is 0 Å². The van der Waals surface area contributed by atoms with Gasteiger partial charge in [0.05, 0.1) is 13.2 Å². The van der Waals surface area contributed by atoms with Gasteiger partial charge in [0.2, 0.25) is 0 Å². The molecule has 5 nitrogen and oxygen atoms in total. The normalized spacial score (nSPS) is 14.7. The fourth-order valence-corrected chi connectivity index (χ4v) is 1.29. The monoisotopic (exact) mass is 247 g/mol. The second-order valence-electron chi connectivity index (χ2n) is 4.57. The van der Waals surface area contributed by atoms with E-state index in [-0.39, 0.29) is 12.6 Å². The summed E-state index contributed by atoms with van der Waals surface area (Å²) < 4.78 is 9.88. The molecule has 0 radical (unpaired) electrons. The molecule has 1 unspecified atom stereocenters. The SMILES string of the molecule is COC(=O)C(C)(O)CNCCCCOC(C)C. The predicted molar refractivity (Wildman–Crippen MR) is 65.8 cm³/mol. The molecular weight excluding hydrogens is 222 g/mol. The maximum absolute atomic E-state index is 11.1. The zero-order valence-corrected chi connectivity index (χ0v) is 11.3. The average molecular weight is 247 g/mol. The van der Waals surface area contributed by atoms with Gasteiger partial charge in [-0.15, -0.1) is 0 Å². The molecule has 102 valence electrons. The molecule has 0 fully saturated rings. The largest absolute Gasteiger partial charge is 0.467 e. The molecule has 0 rings (SSSR count). The summed E-state index contributed by atoms with van der Waals surface area (Å²) in [5.74, 6) is -0.617. The topological polar surface area (TPSA) is 67.8 Å². The van der Waals surface area contributed by atoms with Crippen molar-refractivity contribution in [1.29, 1.82) is 0 Å². The number of aliphatic hydroxyl groups is 1. The summed E-state index contributed by atoms with van der Waals surface area (Å²) in [6.07, 6.45) is 2.18. The molecule has 0 saturated heterocycles. The number of hydrogen-bond donors (Lipinski definition) is 2. The Morgan fingerprint density at radius 2 is 2.06 bits per heavy atom. The van der Waals surface area contributed by atoms with Gasteiger partial charge >= 0.3 is 5.97 Å². The van der Waals surface area contributed by atoms with Crippen molar-refractivity contribution in [2.24, 2.45) is 0 Å². The number of esters is 1. The van der Waals surface area contributed by atoms with E-state index in [0.717, 1.165) is 26.0 Å². The van der Waals surface area contributed by atoms with Gasteiger partial charge in [0.15, 0.2) is 5.60 Å². The van der Waals surface area contributed by atoms with E-state index in [1.165, 1.54) is 14.0 Å². The van der Waals surface area contributed by atoms with Gasteiger partial charge in [-0.2, -0.15) is 0 Å². The van der Waals surface area contributed by atoms with Gasteiger partial charge in [0.1, 0.15) is 0 Å². The van der Waals surface area contributed by atoms with E-state index in [1.807, 2.05) is 13.8 Å². The van der Waals surface area contributed by atoms with Crippen LogP contribution in [0.1, 0.15) is 33.6 Å². The third-order valence-electron chi connectivity index (χ3n) is 2.29. The van der Waals surface area contributed by atoms with Gasteiger partial charge in [-0.05, 0) is 40.2 Å². The summed E-state index contributed by atoms with van der Waals surface area (Å²) in [5, 5.41) is 12.7. The highest BCUT2D eigenvalue weighted by Crippen LogP contribution is 2.03. The molecule has 0 saturated carbocycles. The van der Waals surface area contributed by atoms with Crippen molar-refractivity contribution in [3.05, 3.63) is 0 Å². The number of carbonyl (C=O) groups is 1. The molecule has 17 heavy (non-hydrogen) atoms. The molecule has 0 bridgehead atoms. The van der Waals surface area contributed by atoms with E-state index in [2.05, 4.69) is 10.1 Å². The Kier molecular flexibility index (Phi) is 8.12. The Balaban J connectivity index is 3.48. The summed E-state index contributed by atoms with van der Waals surface area (Å²) in [6.45, 7) is 7.14. The molecule has 0 spiro atoms. The molecule has 0 aromatic carbocycles. The van der Waals surface area contributed by atoms with E-state index in [0.29, 0.717) is 0 Å². The standard InChI is InChI=1S/C12H25NO4/c1-10(2)17-8-6-5-7-13-9-12(3,15)11(14)16-4/h10,13,15H,5-9H2,1-4H3. The van der Waals surface area contributed by atoms with Gasteiger partial charge in [0, 0.05) is 13.2 Å². The summed E-state index contributed by atoms with van der Waals surface area (Å²) in [4.78, 5) is 11.1. The van der Waals surface area contributed by atoms with Crippen LogP contribution in [0.15, 0.2) is 0 Å². The number of methoxy groups -OCH3 is 1. The van der Waals surface area contributed by atoms with Crippen LogP contribution in [0.5, 0.6) is 0 Å². The third-order valence-corrected chi connectivity index (χ3v) is 2.29. The van der Waals surface area contributed by atoms with Crippen LogP contribution in [0.4, 0.5) is 0 Å². The zero-order chi connectivity index (χ0) is 13.3. The first kappa shape index (κ1) is 16.4. The molecule has 2 N–H and O–H groups in total. The fraction of sp³-hybridized carbons (Fsp3) is 0.917. The maximum atomic E-state index is 11.1. The first-order chi connectivity index (χ1) is 7.90. The van der Waals surface area contributed by atoms with Gasteiger partial charge in [-0.3, -0.25) is 0 Å². The Morgan fingerprint density at radius 3 is 2.59 bits per heavy atom. The highest BCUT2D eigenvalue weighted by molar-refractivity contribution is 5.78. The van der Waals surface area contributed by atoms with Crippen molar-refractivity contribution in [2.75, 3.05) is 26.8 Å². The Hall–Kier alpha value is -0.650. The molecule has 0 aliphatic carbocycles. The van der Waals surface area contributed by atoms with Crippen LogP contribution in [0.2, 0.25) is 0 Å². The van der Waals surface area contributed by atoms with Gasteiger partial charge < -0.3 is 19.9 Å². The summed E-state index contributed by atoms with van der Waals surface area (Å²) in [5.41, 5.74) is -1.46. The van der Waals surface area contributed by atoms with Crippen LogP contribution in [0.3, 0.4) is 0 Å². The predicted octanol–water partition coefficient (Wildman–Crippen LogP) is 0.705. The van der Waals surface area contributed by atoms with Crippen molar-refractivity contribution in [2.45, 2.75) is 45.3 Å². The Morgan fingerprint density at radius 1 is 1.41 bits per heavy atom. The van der Waals surface area contributed by atoms with E-state index in [9.17, 15) is 9.90 Å². The first-order valence-corrected chi connectivity index (χ1v) is 6.03. The van der Waals surface area contributed by atoms with E-state index in [4.69, 9.17) is 4.74 Å². The number of ether oxygens (including phenoxy) is 2. The Labute approximate surface area is 103 Å². The number of hydrogen-bond acceptors (Lipinski definition) is 5. The van der Waals surface area contributed by atoms with Crippen molar-refractivity contribution in [3.8, 4) is 0 Å². The minimum absolute atomic E-state index is 0.199. The van der Waals surface area contributed by atoms with E-state index in [1.54, 1.807) is 0 Å². The molecule has 0 aromatic rings. The number of rotatable bonds is 9. The van der Waals surface area contributed by atoms with Gasteiger partial charge in [0.25, 0.3) is 0 Å². The molecule has 0 aliphatic heterocycles. The van der Waals surface area contributed by atoms with Crippen LogP contribution in [-0.4, -0.2) is 49.6 Å². The van der Waals surface area contributed by atoms with Crippen molar-refractivity contribution in [1.82, 2.24) is 5.32 Å². The van der Waals surface area contributed by atoms with Crippen molar-refractivity contribution < 1.29 is 19.4 Å². The quantitative estimate of drug-likeness (QED) is 0.464. The number of unbranched alkanes of at least 4 members (excludes halogenated alkanes) is 1. The van der Waals surface area contributed by atoms with Gasteiger partial charge in [-0.25, -0.2) is 4.79 Å². The van der Waals surface area contributed by atoms with E-state index >= 15 is 0 Å². The first-order valence-electron chi connectivity index (χ1n) is 6.03. The lowest BCUT2D eigenvalue weighted by Gasteiger charge is -2.20. The lowest BCUT2D eigenvalue weighted by molar-refractivity contribution is -0.159. The zero-order valence-electron chi connectivity index (χ0n) is 11.3. The number of nitrogens with one attached hydrogen (secondary N) is 1. The van der Waals surface area contributed by atoms with Crippen molar-refractivity contribution >= 4 is 5.97 Å². The lowest BCUT2D eigenvalue weighted by atomic mass is 10.1. The van der Waals surface area contributed by atoms with Gasteiger partial charge in [-0.1, -0.05) is 0 Å². The van der Waals surface area contributed by atoms with Crippen LogP contribution in [0, 0.1) is 0 Å². The molecule has 0 aliphatic rings. The summed E-state index contributed by atoms with van der Waals surface area (Å²) in [6, 6.07) is 0. The second-order valence-corrected chi connectivity index (χ2v) is 4.57. The second kappa shape index (κ2) is 8.44. The molecule has 0 amide bonds. The number of carbonyl (C=O) groups excluding carboxylic acids is 1. The minimum atomic E-state index is -1.46. The van der Waals surface area contributed by atoms with Crippen molar-refractivity contribution in [3.63, 3.8) is 0 Å². The lowest BCUT2D eigenvalue weighted by Crippen LogP contribution is -2.45. The smallest absolute Gasteiger partial charge is 0.338 e. The summed E-state index contributed by atoms with van der Waals surface area (Å²) in [7, 11) is 1.26. The Bertz CT molecular complexity index is 217. The summed E-state index contributed by atoms with van der Waals surface area (Å²) >= 11 is 0. The maximum Gasteiger partial charge on any atom is 0.338 e. The highest BCUT2D eigenvalue weighted by atomic mass is 16.5. The highest BCUT2D eigenvalue weighted by Gasteiger charge is 2.30. The van der Waals surface area contributed by atoms with Crippen LogP contribution in [-0.2, 0) is 14.3 Å². The van der Waals surface area contributed by atoms with E-state index < -0.39 is 11.6 Å². The fourth-order valence-electron chi connectivity index (χ4n) is 1.29. The molecule has 1 atom stereocenters. The van der Waals surface area contributed by atoms with Crippen LogP contribution < -0.4 is 5.32 Å². The molecular formula is C12H25NO4. The average Bonchev–Trinajstić information content (AvgIpc) is 2.26. The van der Waals surface area contributed by atoms with Crippen LogP contribution in [0.25, 0.3) is 0 Å². The minimum Gasteiger partial charge on any atom is -0.467 e. The molecule has 0 heterocycles.